The monoisotopic (exact) mass is 247 g/mol. The van der Waals surface area contributed by atoms with E-state index >= 15 is 0 Å². The van der Waals surface area contributed by atoms with Crippen molar-refractivity contribution in [1.82, 2.24) is 4.98 Å². The van der Waals surface area contributed by atoms with Gasteiger partial charge in [-0.25, -0.2) is 4.98 Å². The van der Waals surface area contributed by atoms with Crippen LogP contribution in [0.4, 0.5) is 5.82 Å². The molecule has 0 unspecified atom stereocenters. The van der Waals surface area contributed by atoms with Crippen molar-refractivity contribution < 1.29 is 0 Å². The van der Waals surface area contributed by atoms with Gasteiger partial charge < -0.3 is 5.73 Å². The third-order valence-electron chi connectivity index (χ3n) is 1.26. The summed E-state index contributed by atoms with van der Waals surface area (Å²) in [7, 11) is 1.67. The van der Waals surface area contributed by atoms with E-state index in [1.807, 2.05) is 0 Å². The second-order valence-electron chi connectivity index (χ2n) is 2.12. The third kappa shape index (κ3) is 1.95. The van der Waals surface area contributed by atoms with Crippen LogP contribution in [0.3, 0.4) is 0 Å². The van der Waals surface area contributed by atoms with E-state index in [0.29, 0.717) is 15.4 Å². The smallest absolute Gasteiger partial charge is 0.145 e. The van der Waals surface area contributed by atoms with Crippen LogP contribution in [0.15, 0.2) is 15.5 Å². The van der Waals surface area contributed by atoms with Crippen LogP contribution in [0.5, 0.6) is 0 Å². The topological polar surface area (TPSA) is 51.3 Å². The van der Waals surface area contributed by atoms with Crippen LogP contribution in [0.1, 0.15) is 5.56 Å². The van der Waals surface area contributed by atoms with Crippen LogP contribution in [0.2, 0.25) is 5.15 Å². The standard InChI is InChI=1S/C7H7BrClN3/c1-11-3-4-2-5(8)6(9)12-7(4)10/h2-3H,1H3,(H2,10,12). The lowest BCUT2D eigenvalue weighted by Gasteiger charge is -2.00. The molecule has 0 saturated heterocycles. The quantitative estimate of drug-likeness (QED) is 0.611. The molecule has 0 radical (unpaired) electrons. The van der Waals surface area contributed by atoms with Crippen LogP contribution in [0.25, 0.3) is 0 Å². The number of anilines is 1. The average Bonchev–Trinajstić information content (AvgIpc) is 2.01. The largest absolute Gasteiger partial charge is 0.383 e. The SMILES string of the molecule is CN=Cc1cc(Br)c(Cl)nc1N. The number of nitrogens with zero attached hydrogens (tertiary/aromatic N) is 2. The molecule has 0 fully saturated rings. The highest BCUT2D eigenvalue weighted by molar-refractivity contribution is 9.10. The first-order valence-electron chi connectivity index (χ1n) is 3.19. The molecule has 0 aliphatic carbocycles. The highest BCUT2D eigenvalue weighted by Crippen LogP contribution is 2.23. The minimum Gasteiger partial charge on any atom is -0.383 e. The number of aliphatic imine (C=N–C) groups is 1. The summed E-state index contributed by atoms with van der Waals surface area (Å²) in [5, 5.41) is 0.362. The van der Waals surface area contributed by atoms with E-state index in [9.17, 15) is 0 Å². The van der Waals surface area contributed by atoms with E-state index in [2.05, 4.69) is 25.9 Å². The van der Waals surface area contributed by atoms with Gasteiger partial charge in [0.05, 0.1) is 4.47 Å². The summed E-state index contributed by atoms with van der Waals surface area (Å²) in [6.07, 6.45) is 1.63. The molecule has 1 heterocycles. The van der Waals surface area contributed by atoms with Crippen LogP contribution in [0, 0.1) is 0 Å². The lowest BCUT2D eigenvalue weighted by Crippen LogP contribution is -1.97. The lowest BCUT2D eigenvalue weighted by atomic mass is 10.3. The van der Waals surface area contributed by atoms with Gasteiger partial charge >= 0.3 is 0 Å². The third-order valence-corrected chi connectivity index (χ3v) is 2.38. The fourth-order valence-corrected chi connectivity index (χ4v) is 1.22. The number of rotatable bonds is 1. The lowest BCUT2D eigenvalue weighted by molar-refractivity contribution is 1.30. The van der Waals surface area contributed by atoms with Crippen molar-refractivity contribution in [2.24, 2.45) is 4.99 Å². The van der Waals surface area contributed by atoms with E-state index in [1.165, 1.54) is 0 Å². The summed E-state index contributed by atoms with van der Waals surface area (Å²) in [6, 6.07) is 1.78. The molecular formula is C7H7BrClN3. The average molecular weight is 249 g/mol. The Labute approximate surface area is 83.8 Å². The Hall–Kier alpha value is -0.610. The van der Waals surface area contributed by atoms with Crippen LogP contribution >= 0.6 is 27.5 Å². The predicted molar refractivity (Wildman–Crippen MR) is 54.9 cm³/mol. The van der Waals surface area contributed by atoms with Gasteiger partial charge in [0.15, 0.2) is 0 Å². The molecule has 0 saturated carbocycles. The zero-order valence-electron chi connectivity index (χ0n) is 6.38. The predicted octanol–water partition coefficient (Wildman–Crippen LogP) is 2.13. The maximum atomic E-state index is 5.70. The normalized spacial score (nSPS) is 10.9. The molecule has 1 aromatic rings. The van der Waals surface area contributed by atoms with Gasteiger partial charge in [0, 0.05) is 18.8 Å². The minimum atomic E-state index is 0.362. The maximum Gasteiger partial charge on any atom is 0.145 e. The van der Waals surface area contributed by atoms with E-state index in [1.54, 1.807) is 19.3 Å². The molecule has 12 heavy (non-hydrogen) atoms. The number of hydrogen-bond donors (Lipinski definition) is 1. The number of hydrogen-bond acceptors (Lipinski definition) is 3. The van der Waals surface area contributed by atoms with Gasteiger partial charge in [-0.2, -0.15) is 0 Å². The fraction of sp³-hybridized carbons (Fsp3) is 0.143. The Balaban J connectivity index is 3.23. The van der Waals surface area contributed by atoms with Crippen LogP contribution < -0.4 is 5.73 Å². The molecule has 3 nitrogen and oxygen atoms in total. The highest BCUT2D eigenvalue weighted by Gasteiger charge is 2.03. The summed E-state index contributed by atoms with van der Waals surface area (Å²) >= 11 is 8.94. The number of pyridine rings is 1. The van der Waals surface area contributed by atoms with Gasteiger partial charge in [0.1, 0.15) is 11.0 Å². The molecule has 1 rings (SSSR count). The Kier molecular flexibility index (Phi) is 3.05. The first-order chi connectivity index (χ1) is 5.65. The molecule has 0 spiro atoms. The van der Waals surface area contributed by atoms with Gasteiger partial charge in [0.25, 0.3) is 0 Å². The van der Waals surface area contributed by atoms with Gasteiger partial charge in [-0.05, 0) is 22.0 Å². The van der Waals surface area contributed by atoms with Crippen molar-refractivity contribution in [1.29, 1.82) is 0 Å². The molecule has 0 bridgehead atoms. The summed E-state index contributed by atoms with van der Waals surface area (Å²) in [5.74, 6) is 0.383. The Bertz CT molecular complexity index is 325. The molecule has 0 atom stereocenters. The molecule has 64 valence electrons. The van der Waals surface area contributed by atoms with Gasteiger partial charge in [-0.1, -0.05) is 11.6 Å². The number of aromatic nitrogens is 1. The molecule has 0 aliphatic rings. The minimum absolute atomic E-state index is 0.362. The molecule has 1 aromatic heterocycles. The summed E-state index contributed by atoms with van der Waals surface area (Å²) in [4.78, 5) is 7.73. The van der Waals surface area contributed by atoms with Gasteiger partial charge in [0.2, 0.25) is 0 Å². The zero-order chi connectivity index (χ0) is 9.14. The molecule has 0 aromatic carbocycles. The maximum absolute atomic E-state index is 5.70. The number of nitrogen functional groups attached to an aromatic ring is 1. The first kappa shape index (κ1) is 9.48. The van der Waals surface area contributed by atoms with E-state index in [4.69, 9.17) is 17.3 Å². The summed E-state index contributed by atoms with van der Waals surface area (Å²) in [5.41, 5.74) is 6.33. The van der Waals surface area contributed by atoms with Crippen molar-refractivity contribution in [3.63, 3.8) is 0 Å². The van der Waals surface area contributed by atoms with Crippen molar-refractivity contribution in [2.45, 2.75) is 0 Å². The Morgan fingerprint density at radius 1 is 1.75 bits per heavy atom. The van der Waals surface area contributed by atoms with Crippen LogP contribution in [-0.4, -0.2) is 18.2 Å². The molecule has 2 N–H and O–H groups in total. The van der Waals surface area contributed by atoms with E-state index in [0.717, 1.165) is 5.56 Å². The second kappa shape index (κ2) is 3.87. The molecular weight excluding hydrogens is 241 g/mol. The van der Waals surface area contributed by atoms with E-state index in [-0.39, 0.29) is 0 Å². The van der Waals surface area contributed by atoms with Gasteiger partial charge in [-0.15, -0.1) is 0 Å². The van der Waals surface area contributed by atoms with E-state index < -0.39 is 0 Å². The van der Waals surface area contributed by atoms with Crippen molar-refractivity contribution in [2.75, 3.05) is 12.8 Å². The summed E-state index contributed by atoms with van der Waals surface area (Å²) in [6.45, 7) is 0. The Morgan fingerprint density at radius 3 is 3.00 bits per heavy atom. The first-order valence-corrected chi connectivity index (χ1v) is 4.36. The van der Waals surface area contributed by atoms with Gasteiger partial charge in [-0.3, -0.25) is 4.99 Å². The van der Waals surface area contributed by atoms with Crippen molar-refractivity contribution in [3.05, 3.63) is 21.3 Å². The second-order valence-corrected chi connectivity index (χ2v) is 3.34. The van der Waals surface area contributed by atoms with Crippen LogP contribution in [-0.2, 0) is 0 Å². The zero-order valence-corrected chi connectivity index (χ0v) is 8.72. The number of nitrogens with two attached hydrogens (primary N) is 1. The highest BCUT2D eigenvalue weighted by atomic mass is 79.9. The fourth-order valence-electron chi connectivity index (χ4n) is 0.736. The Morgan fingerprint density at radius 2 is 2.42 bits per heavy atom. The van der Waals surface area contributed by atoms with Crippen molar-refractivity contribution in [3.8, 4) is 0 Å². The molecule has 5 heteroatoms. The number of halogens is 2. The molecule has 0 aliphatic heterocycles. The molecule has 0 amide bonds. The van der Waals surface area contributed by atoms with Crippen molar-refractivity contribution >= 4 is 39.6 Å². The summed E-state index contributed by atoms with van der Waals surface area (Å²) < 4.78 is 0.716.